The number of benzene rings is 1. The Balaban J connectivity index is 2.76. The van der Waals surface area contributed by atoms with E-state index in [2.05, 4.69) is 15.9 Å². The Morgan fingerprint density at radius 3 is 2.27 bits per heavy atom. The molecule has 0 fully saturated rings. The third-order valence-electron chi connectivity index (χ3n) is 1.84. The van der Waals surface area contributed by atoms with Gasteiger partial charge >= 0.3 is 5.97 Å². The lowest BCUT2D eigenvalue weighted by atomic mass is 10.1. The minimum atomic E-state index is -0.733. The molecule has 80 valence electrons. The minimum Gasteiger partial charge on any atom is -0.454 e. The first-order valence-corrected chi connectivity index (χ1v) is 5.27. The summed E-state index contributed by atoms with van der Waals surface area (Å²) in [7, 11) is 0. The van der Waals surface area contributed by atoms with Crippen molar-refractivity contribution in [3.05, 3.63) is 34.3 Å². The number of esters is 1. The number of carbonyl (C=O) groups excluding carboxylic acids is 2. The van der Waals surface area contributed by atoms with Crippen LogP contribution in [-0.2, 0) is 9.53 Å². The first-order valence-electron chi connectivity index (χ1n) is 4.47. The molecular weight excluding hydrogens is 260 g/mol. The molecule has 1 atom stereocenters. The van der Waals surface area contributed by atoms with E-state index in [9.17, 15) is 9.59 Å². The largest absolute Gasteiger partial charge is 0.454 e. The van der Waals surface area contributed by atoms with Crippen molar-refractivity contribution in [2.24, 2.45) is 0 Å². The van der Waals surface area contributed by atoms with Gasteiger partial charge in [0.2, 0.25) is 5.78 Å². The van der Waals surface area contributed by atoms with Crippen LogP contribution in [0.1, 0.15) is 24.2 Å². The van der Waals surface area contributed by atoms with Crippen LogP contribution in [0.15, 0.2) is 28.7 Å². The second kappa shape index (κ2) is 5.07. The van der Waals surface area contributed by atoms with Crippen molar-refractivity contribution in [2.75, 3.05) is 0 Å². The molecule has 1 rings (SSSR count). The van der Waals surface area contributed by atoms with Gasteiger partial charge in [0, 0.05) is 17.0 Å². The molecule has 0 N–H and O–H groups in total. The number of halogens is 1. The molecule has 1 aromatic rings. The van der Waals surface area contributed by atoms with E-state index in [0.717, 1.165) is 4.47 Å². The van der Waals surface area contributed by atoms with Crippen molar-refractivity contribution < 1.29 is 14.3 Å². The van der Waals surface area contributed by atoms with E-state index in [1.54, 1.807) is 31.2 Å². The van der Waals surface area contributed by atoms with Crippen LogP contribution in [-0.4, -0.2) is 17.9 Å². The second-order valence-electron chi connectivity index (χ2n) is 3.12. The van der Waals surface area contributed by atoms with Crippen LogP contribution in [0.2, 0.25) is 0 Å². The predicted molar refractivity (Wildman–Crippen MR) is 59.7 cm³/mol. The monoisotopic (exact) mass is 270 g/mol. The molecule has 0 amide bonds. The lowest BCUT2D eigenvalue weighted by molar-refractivity contribution is -0.143. The highest BCUT2D eigenvalue weighted by atomic mass is 79.9. The fraction of sp³-hybridized carbons (Fsp3) is 0.273. The maximum atomic E-state index is 11.7. The molecule has 0 aliphatic rings. The Morgan fingerprint density at radius 2 is 1.80 bits per heavy atom. The number of hydrogen-bond donors (Lipinski definition) is 0. The summed E-state index contributed by atoms with van der Waals surface area (Å²) in [6.07, 6.45) is -0.733. The first kappa shape index (κ1) is 11.9. The molecule has 0 bridgehead atoms. The first-order chi connectivity index (χ1) is 7.00. The third kappa shape index (κ3) is 3.47. The van der Waals surface area contributed by atoms with Crippen LogP contribution in [0.3, 0.4) is 0 Å². The zero-order chi connectivity index (χ0) is 11.4. The molecule has 0 aliphatic carbocycles. The molecule has 0 aliphatic heterocycles. The van der Waals surface area contributed by atoms with Crippen LogP contribution >= 0.6 is 15.9 Å². The second-order valence-corrected chi connectivity index (χ2v) is 4.04. The zero-order valence-corrected chi connectivity index (χ0v) is 10.1. The number of ketones is 1. The van der Waals surface area contributed by atoms with Crippen LogP contribution in [0, 0.1) is 0 Å². The maximum absolute atomic E-state index is 11.7. The number of Topliss-reactive ketones (excluding diaryl/α,β-unsaturated/α-hetero) is 1. The van der Waals surface area contributed by atoms with Gasteiger partial charge in [0.15, 0.2) is 6.10 Å². The molecule has 15 heavy (non-hydrogen) atoms. The van der Waals surface area contributed by atoms with E-state index in [0.29, 0.717) is 5.56 Å². The van der Waals surface area contributed by atoms with Gasteiger partial charge in [0.25, 0.3) is 0 Å². The molecule has 0 heterocycles. The number of ether oxygens (including phenoxy) is 1. The molecule has 0 unspecified atom stereocenters. The van der Waals surface area contributed by atoms with Gasteiger partial charge in [-0.2, -0.15) is 0 Å². The van der Waals surface area contributed by atoms with Crippen molar-refractivity contribution in [1.29, 1.82) is 0 Å². The Kier molecular flexibility index (Phi) is 4.03. The average molecular weight is 271 g/mol. The Hall–Kier alpha value is -1.16. The smallest absolute Gasteiger partial charge is 0.303 e. The van der Waals surface area contributed by atoms with E-state index in [-0.39, 0.29) is 5.78 Å². The highest BCUT2D eigenvalue weighted by molar-refractivity contribution is 9.10. The SMILES string of the molecule is CC(=O)O[C@@H](C)C(=O)c1ccc(Br)cc1. The number of rotatable bonds is 3. The fourth-order valence-corrected chi connectivity index (χ4v) is 1.42. The van der Waals surface area contributed by atoms with Crippen LogP contribution in [0.25, 0.3) is 0 Å². The average Bonchev–Trinajstić information content (AvgIpc) is 2.17. The normalized spacial score (nSPS) is 11.9. The number of carbonyl (C=O) groups is 2. The van der Waals surface area contributed by atoms with Gasteiger partial charge in [-0.3, -0.25) is 9.59 Å². The van der Waals surface area contributed by atoms with Crippen molar-refractivity contribution in [3.8, 4) is 0 Å². The summed E-state index contributed by atoms with van der Waals surface area (Å²) in [6, 6.07) is 6.92. The van der Waals surface area contributed by atoms with Gasteiger partial charge < -0.3 is 4.74 Å². The van der Waals surface area contributed by atoms with E-state index < -0.39 is 12.1 Å². The summed E-state index contributed by atoms with van der Waals surface area (Å²) in [5, 5.41) is 0. The summed E-state index contributed by atoms with van der Waals surface area (Å²) in [4.78, 5) is 22.4. The Bertz CT molecular complexity index is 370. The van der Waals surface area contributed by atoms with Gasteiger partial charge in [-0.25, -0.2) is 0 Å². The Morgan fingerprint density at radius 1 is 1.27 bits per heavy atom. The van der Waals surface area contributed by atoms with Gasteiger partial charge in [0.1, 0.15) is 0 Å². The molecule has 0 saturated carbocycles. The van der Waals surface area contributed by atoms with Crippen molar-refractivity contribution in [3.63, 3.8) is 0 Å². The van der Waals surface area contributed by atoms with Gasteiger partial charge in [-0.15, -0.1) is 0 Å². The summed E-state index contributed by atoms with van der Waals surface area (Å²) in [6.45, 7) is 2.84. The zero-order valence-electron chi connectivity index (χ0n) is 8.49. The summed E-state index contributed by atoms with van der Waals surface area (Å²) < 4.78 is 5.70. The molecule has 3 nitrogen and oxygen atoms in total. The molecule has 4 heteroatoms. The lowest BCUT2D eigenvalue weighted by Crippen LogP contribution is -2.22. The predicted octanol–water partition coefficient (Wildman–Crippen LogP) is 2.58. The molecule has 0 radical (unpaired) electrons. The fourth-order valence-electron chi connectivity index (χ4n) is 1.15. The topological polar surface area (TPSA) is 43.4 Å². The highest BCUT2D eigenvalue weighted by Gasteiger charge is 2.17. The van der Waals surface area contributed by atoms with E-state index in [1.807, 2.05) is 0 Å². The van der Waals surface area contributed by atoms with Crippen molar-refractivity contribution >= 4 is 27.7 Å². The van der Waals surface area contributed by atoms with E-state index in [4.69, 9.17) is 4.74 Å². The minimum absolute atomic E-state index is 0.197. The molecule has 0 spiro atoms. The maximum Gasteiger partial charge on any atom is 0.303 e. The van der Waals surface area contributed by atoms with Crippen LogP contribution in [0.4, 0.5) is 0 Å². The summed E-state index contributed by atoms with van der Waals surface area (Å²) in [5.41, 5.74) is 0.534. The quantitative estimate of drug-likeness (QED) is 0.627. The molecule has 0 aromatic heterocycles. The Labute approximate surface area is 96.6 Å². The van der Waals surface area contributed by atoms with Crippen molar-refractivity contribution in [1.82, 2.24) is 0 Å². The van der Waals surface area contributed by atoms with Crippen LogP contribution < -0.4 is 0 Å². The van der Waals surface area contributed by atoms with E-state index in [1.165, 1.54) is 6.92 Å². The van der Waals surface area contributed by atoms with Crippen molar-refractivity contribution in [2.45, 2.75) is 20.0 Å². The third-order valence-corrected chi connectivity index (χ3v) is 2.37. The number of hydrogen-bond acceptors (Lipinski definition) is 3. The van der Waals surface area contributed by atoms with Gasteiger partial charge in [-0.05, 0) is 19.1 Å². The molecule has 0 saturated heterocycles. The lowest BCUT2D eigenvalue weighted by Gasteiger charge is -2.10. The van der Waals surface area contributed by atoms with Crippen LogP contribution in [0.5, 0.6) is 0 Å². The van der Waals surface area contributed by atoms with E-state index >= 15 is 0 Å². The van der Waals surface area contributed by atoms with Gasteiger partial charge in [-0.1, -0.05) is 28.1 Å². The standard InChI is InChI=1S/C11H11BrO3/c1-7(15-8(2)13)11(14)9-3-5-10(12)6-4-9/h3-7H,1-2H3/t7-/m0/s1. The van der Waals surface area contributed by atoms with Gasteiger partial charge in [0.05, 0.1) is 0 Å². The molecular formula is C11H11BrO3. The summed E-state index contributed by atoms with van der Waals surface area (Å²) >= 11 is 3.28. The highest BCUT2D eigenvalue weighted by Crippen LogP contribution is 2.12. The molecule has 1 aromatic carbocycles. The summed E-state index contributed by atoms with van der Waals surface area (Å²) in [5.74, 6) is -0.648.